The summed E-state index contributed by atoms with van der Waals surface area (Å²) in [6, 6.07) is 15.5. The van der Waals surface area contributed by atoms with Gasteiger partial charge in [0.05, 0.1) is 23.0 Å². The van der Waals surface area contributed by atoms with Crippen molar-refractivity contribution in [2.24, 2.45) is 0 Å². The lowest BCUT2D eigenvalue weighted by atomic mass is 9.79. The summed E-state index contributed by atoms with van der Waals surface area (Å²) < 4.78 is 51.5. The summed E-state index contributed by atoms with van der Waals surface area (Å²) >= 11 is 0. The molecule has 0 unspecified atom stereocenters. The van der Waals surface area contributed by atoms with Crippen LogP contribution in [-0.4, -0.2) is 52.7 Å². The number of piperidine rings is 1. The Hall–Kier alpha value is -4.32. The number of benzene rings is 2. The summed E-state index contributed by atoms with van der Waals surface area (Å²) in [4.78, 5) is 23.1. The van der Waals surface area contributed by atoms with Crippen LogP contribution in [0.3, 0.4) is 0 Å². The normalized spacial score (nSPS) is 15.4. The van der Waals surface area contributed by atoms with Crippen molar-refractivity contribution >= 4 is 32.6 Å². The van der Waals surface area contributed by atoms with Crippen molar-refractivity contribution in [1.82, 2.24) is 24.9 Å². The van der Waals surface area contributed by atoms with Crippen LogP contribution in [0.15, 0.2) is 60.9 Å². The Balaban J connectivity index is 1.20. The van der Waals surface area contributed by atoms with Crippen LogP contribution in [0.5, 0.6) is 0 Å². The number of hydrogen-bond donors (Lipinski definition) is 3. The number of hydrogen-bond acceptors (Lipinski definition) is 6. The Bertz CT molecular complexity index is 1840. The van der Waals surface area contributed by atoms with Gasteiger partial charge in [0.2, 0.25) is 10.0 Å². The Kier molecular flexibility index (Phi) is 6.96. The second kappa shape index (κ2) is 10.5. The quantitative estimate of drug-likeness (QED) is 0.208. The van der Waals surface area contributed by atoms with E-state index in [-0.39, 0.29) is 11.0 Å². The molecule has 4 heterocycles. The number of fused-ring (bicyclic) bond motifs is 1. The number of nitrogens with one attached hydrogen (secondary N) is 3. The van der Waals surface area contributed by atoms with Gasteiger partial charge in [-0.15, -0.1) is 0 Å². The monoisotopic (exact) mass is 591 g/mol. The number of anilines is 2. The highest BCUT2D eigenvalue weighted by Crippen LogP contribution is 2.38. The van der Waals surface area contributed by atoms with Gasteiger partial charge in [-0.05, 0) is 49.1 Å². The Morgan fingerprint density at radius 1 is 0.976 bits per heavy atom. The Morgan fingerprint density at radius 2 is 1.64 bits per heavy atom. The molecule has 3 N–H and O–H groups in total. The van der Waals surface area contributed by atoms with Crippen LogP contribution in [-0.2, 0) is 15.4 Å². The Morgan fingerprint density at radius 3 is 2.29 bits per heavy atom. The largest absolute Gasteiger partial charge is 0.356 e. The van der Waals surface area contributed by atoms with Crippen molar-refractivity contribution in [2.75, 3.05) is 29.0 Å². The van der Waals surface area contributed by atoms with E-state index in [0.717, 1.165) is 83.1 Å². The molecule has 1 aliphatic heterocycles. The van der Waals surface area contributed by atoms with Crippen LogP contribution in [0.2, 0.25) is 0 Å². The molecule has 42 heavy (non-hydrogen) atoms. The minimum atomic E-state index is -3.35. The van der Waals surface area contributed by atoms with Gasteiger partial charge in [0, 0.05) is 35.4 Å². The molecule has 6 rings (SSSR count). The van der Waals surface area contributed by atoms with E-state index in [1.165, 1.54) is 12.1 Å². The molecule has 1 saturated heterocycles. The third-order valence-electron chi connectivity index (χ3n) is 7.98. The van der Waals surface area contributed by atoms with E-state index in [4.69, 9.17) is 4.98 Å². The molecular weight excluding hydrogens is 560 g/mol. The lowest BCUT2D eigenvalue weighted by Gasteiger charge is -2.38. The van der Waals surface area contributed by atoms with Gasteiger partial charge in [-0.3, -0.25) is 4.72 Å². The second-order valence-corrected chi connectivity index (χ2v) is 12.9. The third kappa shape index (κ3) is 5.46. The fraction of sp³-hybridized carbons (Fsp3) is 0.300. The number of nitrogens with zero attached hydrogens (tertiary/aromatic N) is 4. The maximum Gasteiger partial charge on any atom is 0.263 e. The van der Waals surface area contributed by atoms with Crippen LogP contribution >= 0.6 is 0 Å². The molecule has 9 nitrogen and oxygen atoms in total. The van der Waals surface area contributed by atoms with Crippen LogP contribution in [0.4, 0.5) is 20.3 Å². The lowest BCUT2D eigenvalue weighted by Crippen LogP contribution is -2.42. The van der Waals surface area contributed by atoms with Crippen molar-refractivity contribution in [3.8, 4) is 22.5 Å². The van der Waals surface area contributed by atoms with Crippen LogP contribution in [0.1, 0.15) is 43.3 Å². The standard InChI is InChI=1S/C30H31F2N7O2S/c1-18-25(20-4-6-21(7-5-20)26(31)32)37-29(35-18)30(2)12-14-39(15-13-30)28-23-16-24(36-27(23)33-17-34-28)19-8-10-22(11-9-19)38-42(3,40)41/h4-11,16-17,26,38H,12-15H2,1-3H3,(H,35,37)(H,33,34,36). The third-order valence-corrected chi connectivity index (χ3v) is 8.58. The zero-order valence-electron chi connectivity index (χ0n) is 23.4. The smallest absolute Gasteiger partial charge is 0.263 e. The molecule has 0 bridgehead atoms. The van der Waals surface area contributed by atoms with Crippen molar-refractivity contribution in [3.63, 3.8) is 0 Å². The average Bonchev–Trinajstić information content (AvgIpc) is 3.57. The highest BCUT2D eigenvalue weighted by atomic mass is 32.2. The van der Waals surface area contributed by atoms with Gasteiger partial charge in [-0.1, -0.05) is 43.3 Å². The van der Waals surface area contributed by atoms with Crippen molar-refractivity contribution in [2.45, 2.75) is 38.5 Å². The first-order chi connectivity index (χ1) is 20.0. The topological polar surface area (TPSA) is 120 Å². The van der Waals surface area contributed by atoms with E-state index < -0.39 is 16.4 Å². The fourth-order valence-corrected chi connectivity index (χ4v) is 6.10. The molecule has 1 fully saturated rings. The average molecular weight is 592 g/mol. The molecule has 5 aromatic rings. The van der Waals surface area contributed by atoms with Gasteiger partial charge in [0.15, 0.2) is 0 Å². The summed E-state index contributed by atoms with van der Waals surface area (Å²) in [6.45, 7) is 5.69. The highest BCUT2D eigenvalue weighted by Gasteiger charge is 2.36. The second-order valence-electron chi connectivity index (χ2n) is 11.1. The molecule has 0 amide bonds. The molecule has 0 radical (unpaired) electrons. The first-order valence-corrected chi connectivity index (χ1v) is 15.5. The number of alkyl halides is 2. The number of aromatic amines is 2. The van der Waals surface area contributed by atoms with Crippen LogP contribution in [0.25, 0.3) is 33.5 Å². The predicted molar refractivity (Wildman–Crippen MR) is 160 cm³/mol. The van der Waals surface area contributed by atoms with Gasteiger partial charge >= 0.3 is 0 Å². The number of H-pyrrole nitrogens is 2. The predicted octanol–water partition coefficient (Wildman–Crippen LogP) is 6.19. The minimum absolute atomic E-state index is 0.00338. The van der Waals surface area contributed by atoms with Crippen LogP contribution in [0, 0.1) is 6.92 Å². The first-order valence-electron chi connectivity index (χ1n) is 13.6. The minimum Gasteiger partial charge on any atom is -0.356 e. The maximum absolute atomic E-state index is 13.0. The molecule has 0 spiro atoms. The van der Waals surface area contributed by atoms with E-state index >= 15 is 0 Å². The first kappa shape index (κ1) is 27.8. The Labute approximate surface area is 242 Å². The van der Waals surface area contributed by atoms with Crippen LogP contribution < -0.4 is 9.62 Å². The summed E-state index contributed by atoms with van der Waals surface area (Å²) in [6.07, 6.45) is 1.89. The van der Waals surface area contributed by atoms with Crippen molar-refractivity contribution < 1.29 is 17.2 Å². The zero-order valence-corrected chi connectivity index (χ0v) is 24.3. The van der Waals surface area contributed by atoms with E-state index in [2.05, 4.69) is 36.5 Å². The molecular formula is C30H31F2N7O2S. The van der Waals surface area contributed by atoms with E-state index in [1.54, 1.807) is 30.6 Å². The molecule has 12 heteroatoms. The van der Waals surface area contributed by atoms with E-state index in [9.17, 15) is 17.2 Å². The van der Waals surface area contributed by atoms with Crippen molar-refractivity contribution in [1.29, 1.82) is 0 Å². The fourth-order valence-electron chi connectivity index (χ4n) is 5.54. The number of sulfonamides is 1. The molecule has 2 aromatic carbocycles. The number of aromatic nitrogens is 5. The van der Waals surface area contributed by atoms with Gasteiger partial charge in [0.1, 0.15) is 23.6 Å². The number of rotatable bonds is 7. The van der Waals surface area contributed by atoms with E-state index in [0.29, 0.717) is 5.69 Å². The molecule has 0 aliphatic carbocycles. The number of halogens is 2. The van der Waals surface area contributed by atoms with Crippen molar-refractivity contribution in [3.05, 3.63) is 78.0 Å². The lowest BCUT2D eigenvalue weighted by molar-refractivity contribution is 0.151. The molecule has 0 atom stereocenters. The highest BCUT2D eigenvalue weighted by molar-refractivity contribution is 7.92. The number of aryl methyl sites for hydroxylation is 1. The molecule has 218 valence electrons. The maximum atomic E-state index is 13.0. The van der Waals surface area contributed by atoms with Gasteiger partial charge in [-0.25, -0.2) is 32.2 Å². The number of imidazole rings is 1. The van der Waals surface area contributed by atoms with Gasteiger partial charge < -0.3 is 14.9 Å². The molecule has 1 aliphatic rings. The SMILES string of the molecule is Cc1nc(C2(C)CCN(c3ncnc4[nH]c(-c5ccc(NS(C)(=O)=O)cc5)cc34)CC2)[nH]c1-c1ccc(C(F)F)cc1. The van der Waals surface area contributed by atoms with Gasteiger partial charge in [-0.2, -0.15) is 0 Å². The summed E-state index contributed by atoms with van der Waals surface area (Å²) in [5.74, 6) is 1.76. The summed E-state index contributed by atoms with van der Waals surface area (Å²) in [7, 11) is -3.35. The van der Waals surface area contributed by atoms with E-state index in [1.807, 2.05) is 25.1 Å². The molecule has 0 saturated carbocycles. The summed E-state index contributed by atoms with van der Waals surface area (Å²) in [5.41, 5.74) is 5.34. The van der Waals surface area contributed by atoms with Gasteiger partial charge in [0.25, 0.3) is 6.43 Å². The summed E-state index contributed by atoms with van der Waals surface area (Å²) in [5, 5.41) is 0.915. The zero-order chi connectivity index (χ0) is 29.6. The molecule has 3 aromatic heterocycles.